The molecule has 1 aromatic heterocycles. The second kappa shape index (κ2) is 7.36. The molecular formula is C15H18FN3S. The molecule has 0 bridgehead atoms. The molecular weight excluding hydrogens is 273 g/mol. The van der Waals surface area contributed by atoms with Crippen molar-refractivity contribution < 1.29 is 4.39 Å². The Kier molecular flexibility index (Phi) is 5.49. The molecule has 3 nitrogen and oxygen atoms in total. The minimum atomic E-state index is -0.247. The zero-order valence-corrected chi connectivity index (χ0v) is 12.5. The molecule has 0 radical (unpaired) electrons. The van der Waals surface area contributed by atoms with Crippen LogP contribution >= 0.6 is 11.8 Å². The summed E-state index contributed by atoms with van der Waals surface area (Å²) in [7, 11) is 0. The van der Waals surface area contributed by atoms with Gasteiger partial charge in [-0.25, -0.2) is 14.4 Å². The molecule has 2 rings (SSSR count). The van der Waals surface area contributed by atoms with E-state index in [1.807, 2.05) is 0 Å². The highest BCUT2D eigenvalue weighted by molar-refractivity contribution is 7.99. The Morgan fingerprint density at radius 1 is 1.20 bits per heavy atom. The summed E-state index contributed by atoms with van der Waals surface area (Å²) in [5.41, 5.74) is 1.03. The van der Waals surface area contributed by atoms with E-state index in [1.54, 1.807) is 30.6 Å². The number of rotatable bonds is 6. The fourth-order valence-corrected chi connectivity index (χ4v) is 2.34. The molecule has 0 aliphatic rings. The second-order valence-electron chi connectivity index (χ2n) is 4.93. The SMILES string of the molecule is CC(C)CNCc1cnc(Sc2ccccc2F)nc1. The lowest BCUT2D eigenvalue weighted by Crippen LogP contribution is -2.19. The minimum absolute atomic E-state index is 0.247. The maximum Gasteiger partial charge on any atom is 0.192 e. The first-order chi connectivity index (χ1) is 9.65. The lowest BCUT2D eigenvalue weighted by Gasteiger charge is -2.07. The van der Waals surface area contributed by atoms with Crippen LogP contribution in [0.25, 0.3) is 0 Å². The Morgan fingerprint density at radius 2 is 1.90 bits per heavy atom. The maximum absolute atomic E-state index is 13.5. The Bertz CT molecular complexity index is 543. The highest BCUT2D eigenvalue weighted by Gasteiger charge is 2.05. The highest BCUT2D eigenvalue weighted by Crippen LogP contribution is 2.26. The van der Waals surface area contributed by atoms with Crippen molar-refractivity contribution in [1.29, 1.82) is 0 Å². The normalized spacial score (nSPS) is 11.0. The molecule has 0 fully saturated rings. The summed E-state index contributed by atoms with van der Waals surface area (Å²) in [5, 5.41) is 3.89. The van der Waals surface area contributed by atoms with Gasteiger partial charge in [-0.05, 0) is 36.4 Å². The Balaban J connectivity index is 1.93. The van der Waals surface area contributed by atoms with Crippen LogP contribution in [0.15, 0.2) is 46.7 Å². The first-order valence-electron chi connectivity index (χ1n) is 6.59. The number of benzene rings is 1. The average Bonchev–Trinajstić information content (AvgIpc) is 2.43. The van der Waals surface area contributed by atoms with E-state index in [0.29, 0.717) is 16.0 Å². The quantitative estimate of drug-likeness (QED) is 0.827. The largest absolute Gasteiger partial charge is 0.312 e. The van der Waals surface area contributed by atoms with Gasteiger partial charge in [-0.2, -0.15) is 0 Å². The van der Waals surface area contributed by atoms with Crippen molar-refractivity contribution in [2.24, 2.45) is 5.92 Å². The van der Waals surface area contributed by atoms with Crippen molar-refractivity contribution in [3.05, 3.63) is 48.0 Å². The fraction of sp³-hybridized carbons (Fsp3) is 0.333. The van der Waals surface area contributed by atoms with Crippen molar-refractivity contribution in [3.63, 3.8) is 0 Å². The molecule has 0 saturated carbocycles. The Hall–Kier alpha value is -1.46. The second-order valence-corrected chi connectivity index (χ2v) is 5.94. The van der Waals surface area contributed by atoms with Crippen LogP contribution in [0.2, 0.25) is 0 Å². The number of hydrogen-bond acceptors (Lipinski definition) is 4. The third-order valence-electron chi connectivity index (χ3n) is 2.60. The summed E-state index contributed by atoms with van der Waals surface area (Å²) >= 11 is 1.23. The van der Waals surface area contributed by atoms with Gasteiger partial charge in [-0.3, -0.25) is 0 Å². The third kappa shape index (κ3) is 4.58. The standard InChI is InChI=1S/C15H18FN3S/c1-11(2)7-17-8-12-9-18-15(19-10-12)20-14-6-4-3-5-13(14)16/h3-6,9-11,17H,7-8H2,1-2H3. The first kappa shape index (κ1) is 14.9. The highest BCUT2D eigenvalue weighted by atomic mass is 32.2. The van der Waals surface area contributed by atoms with Crippen LogP contribution in [0.3, 0.4) is 0 Å². The van der Waals surface area contributed by atoms with E-state index in [-0.39, 0.29) is 5.82 Å². The summed E-state index contributed by atoms with van der Waals surface area (Å²) in [6.45, 7) is 6.05. The molecule has 1 heterocycles. The van der Waals surface area contributed by atoms with Gasteiger partial charge in [0.25, 0.3) is 0 Å². The molecule has 5 heteroatoms. The number of hydrogen-bond donors (Lipinski definition) is 1. The Labute approximate surface area is 123 Å². The fourth-order valence-electron chi connectivity index (χ4n) is 1.62. The molecule has 0 spiro atoms. The Morgan fingerprint density at radius 3 is 2.55 bits per heavy atom. The predicted molar refractivity (Wildman–Crippen MR) is 79.1 cm³/mol. The van der Waals surface area contributed by atoms with Gasteiger partial charge in [0.2, 0.25) is 0 Å². The molecule has 0 saturated heterocycles. The number of nitrogens with zero attached hydrogens (tertiary/aromatic N) is 2. The number of nitrogens with one attached hydrogen (secondary N) is 1. The lowest BCUT2D eigenvalue weighted by atomic mass is 10.2. The summed E-state index contributed by atoms with van der Waals surface area (Å²) < 4.78 is 13.5. The van der Waals surface area contributed by atoms with Crippen LogP contribution < -0.4 is 5.32 Å². The molecule has 0 aliphatic carbocycles. The molecule has 0 aliphatic heterocycles. The molecule has 20 heavy (non-hydrogen) atoms. The topological polar surface area (TPSA) is 37.8 Å². The summed E-state index contributed by atoms with van der Waals surface area (Å²) in [4.78, 5) is 9.06. The summed E-state index contributed by atoms with van der Waals surface area (Å²) in [5.74, 6) is 0.371. The van der Waals surface area contributed by atoms with Crippen LogP contribution in [0, 0.1) is 11.7 Å². The van der Waals surface area contributed by atoms with Crippen LogP contribution in [0.5, 0.6) is 0 Å². The minimum Gasteiger partial charge on any atom is -0.312 e. The van der Waals surface area contributed by atoms with Crippen LogP contribution in [-0.2, 0) is 6.54 Å². The maximum atomic E-state index is 13.5. The third-order valence-corrected chi connectivity index (χ3v) is 3.55. The zero-order valence-electron chi connectivity index (χ0n) is 11.6. The van der Waals surface area contributed by atoms with E-state index in [9.17, 15) is 4.39 Å². The van der Waals surface area contributed by atoms with Crippen molar-refractivity contribution in [3.8, 4) is 0 Å². The average molecular weight is 291 g/mol. The van der Waals surface area contributed by atoms with Gasteiger partial charge in [-0.15, -0.1) is 0 Å². The summed E-state index contributed by atoms with van der Waals surface area (Å²) in [6.07, 6.45) is 3.56. The number of halogens is 1. The molecule has 1 N–H and O–H groups in total. The van der Waals surface area contributed by atoms with E-state index in [4.69, 9.17) is 0 Å². The molecule has 0 amide bonds. The molecule has 0 atom stereocenters. The van der Waals surface area contributed by atoms with E-state index in [2.05, 4.69) is 29.1 Å². The van der Waals surface area contributed by atoms with Gasteiger partial charge < -0.3 is 5.32 Å². The van der Waals surface area contributed by atoms with Gasteiger partial charge in [-0.1, -0.05) is 26.0 Å². The van der Waals surface area contributed by atoms with Crippen molar-refractivity contribution in [2.75, 3.05) is 6.54 Å². The van der Waals surface area contributed by atoms with E-state index in [0.717, 1.165) is 18.7 Å². The van der Waals surface area contributed by atoms with Crippen LogP contribution in [0.1, 0.15) is 19.4 Å². The molecule has 2 aromatic rings. The predicted octanol–water partition coefficient (Wildman–Crippen LogP) is 3.51. The van der Waals surface area contributed by atoms with Crippen molar-refractivity contribution in [2.45, 2.75) is 30.4 Å². The van der Waals surface area contributed by atoms with Gasteiger partial charge in [0, 0.05) is 24.5 Å². The van der Waals surface area contributed by atoms with Crippen molar-refractivity contribution in [1.82, 2.24) is 15.3 Å². The van der Waals surface area contributed by atoms with E-state index in [1.165, 1.54) is 17.8 Å². The molecule has 106 valence electrons. The molecule has 1 aromatic carbocycles. The van der Waals surface area contributed by atoms with E-state index < -0.39 is 0 Å². The first-order valence-corrected chi connectivity index (χ1v) is 7.41. The van der Waals surface area contributed by atoms with Gasteiger partial charge >= 0.3 is 0 Å². The smallest absolute Gasteiger partial charge is 0.192 e. The summed E-state index contributed by atoms with van der Waals surface area (Å²) in [6, 6.07) is 6.63. The van der Waals surface area contributed by atoms with Gasteiger partial charge in [0.15, 0.2) is 5.16 Å². The van der Waals surface area contributed by atoms with Gasteiger partial charge in [0.1, 0.15) is 5.82 Å². The van der Waals surface area contributed by atoms with Gasteiger partial charge in [0.05, 0.1) is 4.90 Å². The van der Waals surface area contributed by atoms with Crippen molar-refractivity contribution >= 4 is 11.8 Å². The van der Waals surface area contributed by atoms with Crippen LogP contribution in [0.4, 0.5) is 4.39 Å². The zero-order chi connectivity index (χ0) is 14.4. The van der Waals surface area contributed by atoms with Crippen LogP contribution in [-0.4, -0.2) is 16.5 Å². The number of aromatic nitrogens is 2. The van der Waals surface area contributed by atoms with E-state index >= 15 is 0 Å². The monoisotopic (exact) mass is 291 g/mol. The lowest BCUT2D eigenvalue weighted by molar-refractivity contribution is 0.550. The molecule has 0 unspecified atom stereocenters.